The number of carboxylic acids is 1. The number of nitrogens with one attached hydrogen (secondary N) is 1. The van der Waals surface area contributed by atoms with Gasteiger partial charge in [0.15, 0.2) is 10.8 Å². The number of aliphatic carboxylic acids is 1. The molecule has 0 spiro atoms. The van der Waals surface area contributed by atoms with Crippen LogP contribution in [0.2, 0.25) is 5.02 Å². The summed E-state index contributed by atoms with van der Waals surface area (Å²) in [4.78, 5) is 23.0. The van der Waals surface area contributed by atoms with Crippen molar-refractivity contribution in [2.45, 2.75) is 6.04 Å². The number of carbonyl (C=O) groups is 1. The van der Waals surface area contributed by atoms with Crippen molar-refractivity contribution in [3.05, 3.63) is 62.5 Å². The van der Waals surface area contributed by atoms with Gasteiger partial charge >= 0.3 is 5.97 Å². The van der Waals surface area contributed by atoms with E-state index in [-0.39, 0.29) is 16.5 Å². The number of amidine groups is 1. The summed E-state index contributed by atoms with van der Waals surface area (Å²) in [5.74, 6) is -0.906. The van der Waals surface area contributed by atoms with E-state index in [1.54, 1.807) is 13.2 Å². The Morgan fingerprint density at radius 1 is 1.44 bits per heavy atom. The first-order chi connectivity index (χ1) is 13.0. The molecule has 4 rings (SSSR count). The molecular formula is C18H16ClFN4O2S. The lowest BCUT2D eigenvalue weighted by Crippen LogP contribution is -2.49. The highest BCUT2D eigenvalue weighted by Crippen LogP contribution is 2.41. The number of carboxylic acid groups (broad SMARTS) is 1. The minimum absolute atomic E-state index is 0.0493. The molecule has 6 nitrogen and oxygen atoms in total. The molecule has 2 N–H and O–H groups in total. The highest BCUT2D eigenvalue weighted by atomic mass is 35.5. The van der Waals surface area contributed by atoms with E-state index in [9.17, 15) is 14.3 Å². The molecule has 9 heteroatoms. The van der Waals surface area contributed by atoms with Crippen molar-refractivity contribution < 1.29 is 14.3 Å². The Morgan fingerprint density at radius 2 is 2.22 bits per heavy atom. The van der Waals surface area contributed by atoms with Gasteiger partial charge in [-0.3, -0.25) is 4.99 Å². The van der Waals surface area contributed by atoms with Crippen molar-refractivity contribution in [1.29, 1.82) is 0 Å². The Labute approximate surface area is 164 Å². The third kappa shape index (κ3) is 3.13. The van der Waals surface area contributed by atoms with Gasteiger partial charge in [0, 0.05) is 53.9 Å². The summed E-state index contributed by atoms with van der Waals surface area (Å²) in [7, 11) is 1.80. The third-order valence-corrected chi connectivity index (χ3v) is 5.86. The standard InChI is InChI=1S/C18H16ClFN4O2S/c1-24-15(9-7-21-8-9)13(18(25)26)14(11-3-2-10(20)6-12(11)19)23-16(24)17-22-4-5-27-17/h2-6,9,14,21H,7-8H2,1H3,(H,25,26). The Morgan fingerprint density at radius 3 is 2.78 bits per heavy atom. The molecule has 1 aromatic carbocycles. The van der Waals surface area contributed by atoms with Gasteiger partial charge in [0.25, 0.3) is 0 Å². The number of halogens is 2. The molecule has 27 heavy (non-hydrogen) atoms. The second kappa shape index (κ2) is 7.03. The van der Waals surface area contributed by atoms with Gasteiger partial charge in [0.2, 0.25) is 0 Å². The molecule has 3 heterocycles. The zero-order valence-corrected chi connectivity index (χ0v) is 15.9. The number of benzene rings is 1. The fraction of sp³-hybridized carbons (Fsp3) is 0.278. The van der Waals surface area contributed by atoms with Crippen LogP contribution in [0.25, 0.3) is 0 Å². The predicted molar refractivity (Wildman–Crippen MR) is 102 cm³/mol. The average Bonchev–Trinajstić information content (AvgIpc) is 3.09. The maximum absolute atomic E-state index is 13.5. The first-order valence-electron chi connectivity index (χ1n) is 8.31. The Hall–Kier alpha value is -2.29. The van der Waals surface area contributed by atoms with E-state index in [1.165, 1.54) is 29.5 Å². The summed E-state index contributed by atoms with van der Waals surface area (Å²) in [6.07, 6.45) is 1.68. The smallest absolute Gasteiger partial charge is 0.335 e. The minimum atomic E-state index is -1.06. The zero-order valence-electron chi connectivity index (χ0n) is 14.3. The number of aromatic nitrogens is 1. The molecule has 0 radical (unpaired) electrons. The average molecular weight is 407 g/mol. The van der Waals surface area contributed by atoms with Gasteiger partial charge in [0.1, 0.15) is 11.9 Å². The molecule has 140 valence electrons. The van der Waals surface area contributed by atoms with Crippen LogP contribution in [0.1, 0.15) is 16.6 Å². The molecule has 1 fully saturated rings. The van der Waals surface area contributed by atoms with Gasteiger partial charge in [-0.15, -0.1) is 11.3 Å². The maximum Gasteiger partial charge on any atom is 0.335 e. The zero-order chi connectivity index (χ0) is 19.1. The van der Waals surface area contributed by atoms with Crippen LogP contribution in [0.5, 0.6) is 0 Å². The summed E-state index contributed by atoms with van der Waals surface area (Å²) in [5.41, 5.74) is 1.31. The molecule has 0 saturated carbocycles. The fourth-order valence-corrected chi connectivity index (χ4v) is 4.33. The second-order valence-corrected chi connectivity index (χ2v) is 7.68. The SMILES string of the molecule is CN1C(c2nccs2)=NC(c2ccc(F)cc2Cl)C(C(=O)O)=C1C1CNC1. The summed E-state index contributed by atoms with van der Waals surface area (Å²) >= 11 is 7.68. The van der Waals surface area contributed by atoms with Crippen molar-refractivity contribution in [2.24, 2.45) is 10.9 Å². The lowest BCUT2D eigenvalue weighted by atomic mass is 9.87. The number of hydrogen-bond donors (Lipinski definition) is 2. The van der Waals surface area contributed by atoms with Crippen LogP contribution in [-0.4, -0.2) is 46.9 Å². The molecule has 0 bridgehead atoms. The largest absolute Gasteiger partial charge is 0.478 e. The van der Waals surface area contributed by atoms with Crippen LogP contribution in [0, 0.1) is 11.7 Å². The molecule has 2 aromatic rings. The quantitative estimate of drug-likeness (QED) is 0.816. The predicted octanol–water partition coefficient (Wildman–Crippen LogP) is 2.93. The molecule has 2 aliphatic heterocycles. The van der Waals surface area contributed by atoms with Crippen molar-refractivity contribution in [3.63, 3.8) is 0 Å². The van der Waals surface area contributed by atoms with Gasteiger partial charge in [0.05, 0.1) is 5.57 Å². The highest BCUT2D eigenvalue weighted by molar-refractivity contribution is 7.11. The summed E-state index contributed by atoms with van der Waals surface area (Å²) in [5, 5.41) is 15.8. The van der Waals surface area contributed by atoms with Crippen LogP contribution >= 0.6 is 22.9 Å². The van der Waals surface area contributed by atoms with E-state index in [1.807, 2.05) is 10.3 Å². The lowest BCUT2D eigenvalue weighted by Gasteiger charge is -2.40. The van der Waals surface area contributed by atoms with E-state index in [2.05, 4.69) is 15.3 Å². The Bertz CT molecular complexity index is 956. The number of aliphatic imine (C=N–C) groups is 1. The van der Waals surface area contributed by atoms with E-state index in [0.717, 1.165) is 0 Å². The van der Waals surface area contributed by atoms with Gasteiger partial charge < -0.3 is 15.3 Å². The number of nitrogens with zero attached hydrogens (tertiary/aromatic N) is 3. The van der Waals surface area contributed by atoms with Crippen LogP contribution in [-0.2, 0) is 4.79 Å². The van der Waals surface area contributed by atoms with Crippen molar-refractivity contribution >= 4 is 34.7 Å². The van der Waals surface area contributed by atoms with Crippen molar-refractivity contribution in [2.75, 3.05) is 20.1 Å². The summed E-state index contributed by atoms with van der Waals surface area (Å²) in [6.45, 7) is 1.37. The Kier molecular flexibility index (Phi) is 4.71. The second-order valence-electron chi connectivity index (χ2n) is 6.38. The number of thiazole rings is 1. The Balaban J connectivity index is 1.93. The minimum Gasteiger partial charge on any atom is -0.478 e. The van der Waals surface area contributed by atoms with E-state index < -0.39 is 17.8 Å². The number of rotatable bonds is 4. The molecule has 0 amide bonds. The first-order valence-corrected chi connectivity index (χ1v) is 9.57. The summed E-state index contributed by atoms with van der Waals surface area (Å²) < 4.78 is 13.5. The summed E-state index contributed by atoms with van der Waals surface area (Å²) in [6, 6.07) is 3.11. The van der Waals surface area contributed by atoms with Crippen LogP contribution in [0.4, 0.5) is 4.39 Å². The number of hydrogen-bond acceptors (Lipinski definition) is 6. The van der Waals surface area contributed by atoms with Crippen LogP contribution < -0.4 is 5.32 Å². The molecule has 1 unspecified atom stereocenters. The molecule has 1 atom stereocenters. The van der Waals surface area contributed by atoms with Gasteiger partial charge in [-0.1, -0.05) is 17.7 Å². The van der Waals surface area contributed by atoms with Gasteiger partial charge in [-0.05, 0) is 12.1 Å². The van der Waals surface area contributed by atoms with Crippen LogP contribution in [0.3, 0.4) is 0 Å². The first kappa shape index (κ1) is 18.1. The van der Waals surface area contributed by atoms with Crippen molar-refractivity contribution in [3.8, 4) is 0 Å². The normalized spacial score (nSPS) is 20.5. The lowest BCUT2D eigenvalue weighted by molar-refractivity contribution is -0.133. The molecule has 1 aromatic heterocycles. The highest BCUT2D eigenvalue weighted by Gasteiger charge is 2.40. The molecule has 1 saturated heterocycles. The van der Waals surface area contributed by atoms with Crippen LogP contribution in [0.15, 0.2) is 46.0 Å². The van der Waals surface area contributed by atoms with Gasteiger partial charge in [-0.2, -0.15) is 0 Å². The molecule has 0 aliphatic carbocycles. The van der Waals surface area contributed by atoms with E-state index in [4.69, 9.17) is 11.6 Å². The monoisotopic (exact) mass is 406 g/mol. The molecular weight excluding hydrogens is 391 g/mol. The maximum atomic E-state index is 13.5. The van der Waals surface area contributed by atoms with E-state index >= 15 is 0 Å². The van der Waals surface area contributed by atoms with Crippen molar-refractivity contribution in [1.82, 2.24) is 15.2 Å². The van der Waals surface area contributed by atoms with Gasteiger partial charge in [-0.25, -0.2) is 14.2 Å². The molecule has 2 aliphatic rings. The topological polar surface area (TPSA) is 77.8 Å². The third-order valence-electron chi connectivity index (χ3n) is 4.76. The van der Waals surface area contributed by atoms with E-state index in [0.29, 0.717) is 35.2 Å². The fourth-order valence-electron chi connectivity index (χ4n) is 3.39.